The van der Waals surface area contributed by atoms with Crippen LogP contribution in [0.25, 0.3) is 97.0 Å². The Morgan fingerprint density at radius 3 is 1.13 bits per heavy atom. The molecule has 10 aromatic carbocycles. The lowest BCUT2D eigenvalue weighted by molar-refractivity contribution is 0.668. The Bertz CT molecular complexity index is 2530. The SMILES string of the molecule is CCCCCCc1cc2cc3cc(C)c4ccc5c(C)cc6cc7cc(CCCCCC)c8ccc1c1c2c2c3c4c5c6c2c7c81. The maximum atomic E-state index is 2.59. The lowest BCUT2D eigenvalue weighted by Gasteiger charge is -2.27. The predicted molar refractivity (Wildman–Crippen MR) is 205 cm³/mol. The Morgan fingerprint density at radius 1 is 0.348 bits per heavy atom. The second-order valence-corrected chi connectivity index (χ2v) is 14.8. The summed E-state index contributed by atoms with van der Waals surface area (Å²) in [7, 11) is 0. The summed E-state index contributed by atoms with van der Waals surface area (Å²) in [5, 5.41) is 26.7. The van der Waals surface area contributed by atoms with Gasteiger partial charge in [0.25, 0.3) is 0 Å². The lowest BCUT2D eigenvalue weighted by Crippen LogP contribution is -2.01. The smallest absolute Gasteiger partial charge is 0.0000922 e. The van der Waals surface area contributed by atoms with Gasteiger partial charge in [0.15, 0.2) is 0 Å². The van der Waals surface area contributed by atoms with E-state index in [-0.39, 0.29) is 0 Å². The third-order valence-electron chi connectivity index (χ3n) is 12.0. The van der Waals surface area contributed by atoms with Crippen molar-refractivity contribution in [3.63, 3.8) is 0 Å². The molecule has 10 rings (SSSR count). The van der Waals surface area contributed by atoms with Crippen LogP contribution in [0.3, 0.4) is 0 Å². The minimum Gasteiger partial charge on any atom is -0.0654 e. The molecular weight excluding hydrogens is 553 g/mol. The van der Waals surface area contributed by atoms with Crippen molar-refractivity contribution in [3.05, 3.63) is 82.9 Å². The minimum atomic E-state index is 1.16. The first-order valence-corrected chi connectivity index (χ1v) is 18.2. The number of hydrogen-bond acceptors (Lipinski definition) is 0. The van der Waals surface area contributed by atoms with Crippen molar-refractivity contribution in [2.45, 2.75) is 91.9 Å². The molecule has 0 saturated heterocycles. The molecule has 0 spiro atoms. The molecule has 0 saturated carbocycles. The summed E-state index contributed by atoms with van der Waals surface area (Å²) in [5.74, 6) is 0. The number of aryl methyl sites for hydroxylation is 4. The number of hydrogen-bond donors (Lipinski definition) is 0. The average Bonchev–Trinajstić information content (AvgIpc) is 3.06. The van der Waals surface area contributed by atoms with E-state index in [0.717, 1.165) is 12.8 Å². The standard InChI is InChI=1S/C46H42/c1-5-7-9-11-13-27-21-31-23-29-19-25(3)33-15-16-34-26(4)20-30-24-32-22-28(14-12-10-8-6-2)36-18-17-35(27)43-39(31)45-37(29)41(33)42(34)38(30)46(45)40(32)44(36)43/h15-24H,5-14H2,1-4H3. The van der Waals surface area contributed by atoms with Crippen LogP contribution in [0.1, 0.15) is 87.5 Å². The quantitative estimate of drug-likeness (QED) is 0.0839. The predicted octanol–water partition coefficient (Wildman–Crippen LogP) is 14.1. The van der Waals surface area contributed by atoms with Crippen molar-refractivity contribution in [2.75, 3.05) is 0 Å². The van der Waals surface area contributed by atoms with Crippen molar-refractivity contribution in [1.29, 1.82) is 0 Å². The summed E-state index contributed by atoms with van der Waals surface area (Å²) in [6.07, 6.45) is 12.7. The molecule has 0 unspecified atom stereocenters. The fourth-order valence-corrected chi connectivity index (χ4v) is 9.97. The van der Waals surface area contributed by atoms with Gasteiger partial charge in [0, 0.05) is 0 Å². The first-order chi connectivity index (χ1) is 22.6. The van der Waals surface area contributed by atoms with Crippen LogP contribution in [0.2, 0.25) is 0 Å². The number of benzene rings is 10. The van der Waals surface area contributed by atoms with E-state index in [1.54, 1.807) is 21.9 Å². The Hall–Kier alpha value is -4.16. The van der Waals surface area contributed by atoms with Gasteiger partial charge >= 0.3 is 0 Å². The summed E-state index contributed by atoms with van der Waals surface area (Å²) in [4.78, 5) is 0. The molecular formula is C46H42. The van der Waals surface area contributed by atoms with Gasteiger partial charge in [-0.05, 0) is 171 Å². The van der Waals surface area contributed by atoms with E-state index >= 15 is 0 Å². The highest BCUT2D eigenvalue weighted by Gasteiger charge is 2.28. The highest BCUT2D eigenvalue weighted by Crippen LogP contribution is 2.56. The van der Waals surface area contributed by atoms with Crippen LogP contribution < -0.4 is 0 Å². The van der Waals surface area contributed by atoms with Crippen molar-refractivity contribution >= 4 is 97.0 Å². The monoisotopic (exact) mass is 594 g/mol. The zero-order valence-corrected chi connectivity index (χ0v) is 27.8. The van der Waals surface area contributed by atoms with E-state index in [1.807, 2.05) is 0 Å². The zero-order chi connectivity index (χ0) is 30.8. The fourth-order valence-electron chi connectivity index (χ4n) is 9.97. The molecule has 0 atom stereocenters. The van der Waals surface area contributed by atoms with Crippen LogP contribution in [-0.2, 0) is 12.8 Å². The summed E-state index contributed by atoms with van der Waals surface area (Å²) < 4.78 is 0. The topological polar surface area (TPSA) is 0 Å². The molecule has 0 N–H and O–H groups in total. The third kappa shape index (κ3) is 3.36. The molecule has 0 aliphatic rings. The van der Waals surface area contributed by atoms with Crippen LogP contribution in [0.5, 0.6) is 0 Å². The van der Waals surface area contributed by atoms with Gasteiger partial charge < -0.3 is 0 Å². The Kier molecular flexibility index (Phi) is 5.68. The van der Waals surface area contributed by atoms with Crippen LogP contribution in [0.4, 0.5) is 0 Å². The van der Waals surface area contributed by atoms with Crippen molar-refractivity contribution in [1.82, 2.24) is 0 Å². The Labute approximate surface area is 271 Å². The molecule has 226 valence electrons. The van der Waals surface area contributed by atoms with Gasteiger partial charge in [0.2, 0.25) is 0 Å². The molecule has 46 heavy (non-hydrogen) atoms. The second kappa shape index (κ2) is 9.68. The molecule has 0 radical (unpaired) electrons. The Balaban J connectivity index is 1.46. The highest BCUT2D eigenvalue weighted by molar-refractivity contribution is 6.53. The number of unbranched alkanes of at least 4 members (excludes halogenated alkanes) is 6. The highest BCUT2D eigenvalue weighted by atomic mass is 14.3. The molecule has 0 aliphatic heterocycles. The van der Waals surface area contributed by atoms with Gasteiger partial charge in [-0.1, -0.05) is 101 Å². The van der Waals surface area contributed by atoms with Crippen molar-refractivity contribution in [3.8, 4) is 0 Å². The van der Waals surface area contributed by atoms with Gasteiger partial charge in [0.05, 0.1) is 0 Å². The van der Waals surface area contributed by atoms with E-state index in [2.05, 4.69) is 88.4 Å². The zero-order valence-electron chi connectivity index (χ0n) is 27.8. The molecule has 0 fully saturated rings. The van der Waals surface area contributed by atoms with E-state index in [9.17, 15) is 0 Å². The Morgan fingerprint density at radius 2 is 0.717 bits per heavy atom. The molecule has 0 heteroatoms. The largest absolute Gasteiger partial charge is 0.0654 e. The molecule has 10 aromatic rings. The lowest BCUT2D eigenvalue weighted by atomic mass is 9.75. The van der Waals surface area contributed by atoms with Gasteiger partial charge in [0.1, 0.15) is 0 Å². The van der Waals surface area contributed by atoms with E-state index in [1.165, 1.54) is 149 Å². The summed E-state index contributed by atoms with van der Waals surface area (Å²) >= 11 is 0. The van der Waals surface area contributed by atoms with Gasteiger partial charge in [-0.15, -0.1) is 0 Å². The van der Waals surface area contributed by atoms with Gasteiger partial charge in [-0.2, -0.15) is 0 Å². The van der Waals surface area contributed by atoms with E-state index in [4.69, 9.17) is 0 Å². The average molecular weight is 595 g/mol. The van der Waals surface area contributed by atoms with Crippen molar-refractivity contribution < 1.29 is 0 Å². The summed E-state index contributed by atoms with van der Waals surface area (Å²) in [6, 6.07) is 25.1. The van der Waals surface area contributed by atoms with Crippen LogP contribution >= 0.6 is 0 Å². The second-order valence-electron chi connectivity index (χ2n) is 14.8. The van der Waals surface area contributed by atoms with E-state index in [0.29, 0.717) is 0 Å². The maximum absolute atomic E-state index is 2.59. The first-order valence-electron chi connectivity index (χ1n) is 18.2. The number of rotatable bonds is 10. The van der Waals surface area contributed by atoms with E-state index < -0.39 is 0 Å². The molecule has 0 nitrogen and oxygen atoms in total. The van der Waals surface area contributed by atoms with Crippen molar-refractivity contribution in [2.24, 2.45) is 0 Å². The van der Waals surface area contributed by atoms with Crippen LogP contribution in [-0.4, -0.2) is 0 Å². The molecule has 0 heterocycles. The fraction of sp³-hybridized carbons (Fsp3) is 0.304. The molecule has 0 amide bonds. The summed E-state index contributed by atoms with van der Waals surface area (Å²) in [6.45, 7) is 9.28. The summed E-state index contributed by atoms with van der Waals surface area (Å²) in [5.41, 5.74) is 5.87. The minimum absolute atomic E-state index is 1.16. The normalized spacial score (nSPS) is 13.2. The molecule has 0 aliphatic carbocycles. The molecule has 0 aromatic heterocycles. The van der Waals surface area contributed by atoms with Crippen LogP contribution in [0, 0.1) is 13.8 Å². The molecule has 0 bridgehead atoms. The van der Waals surface area contributed by atoms with Gasteiger partial charge in [-0.25, -0.2) is 0 Å². The maximum Gasteiger partial charge on any atom is -0.0000922 e. The van der Waals surface area contributed by atoms with Gasteiger partial charge in [-0.3, -0.25) is 0 Å². The third-order valence-corrected chi connectivity index (χ3v) is 12.0. The van der Waals surface area contributed by atoms with Crippen LogP contribution in [0.15, 0.2) is 60.7 Å². The first kappa shape index (κ1) is 27.0.